The minimum absolute atomic E-state index is 0.342. The molecule has 0 aliphatic carbocycles. The van der Waals surface area contributed by atoms with Crippen LogP contribution < -0.4 is 15.0 Å². The van der Waals surface area contributed by atoms with Crippen LogP contribution in [0.1, 0.15) is 5.56 Å². The number of benzene rings is 1. The second kappa shape index (κ2) is 9.15. The van der Waals surface area contributed by atoms with E-state index in [-0.39, 0.29) is 11.1 Å². The molecule has 1 aliphatic rings. The van der Waals surface area contributed by atoms with Crippen LogP contribution in [0.15, 0.2) is 65.0 Å². The average molecular weight is 438 g/mol. The smallest absolute Gasteiger partial charge is 0.290 e. The Morgan fingerprint density at radius 2 is 1.97 bits per heavy atom. The van der Waals surface area contributed by atoms with Crippen LogP contribution in [-0.4, -0.2) is 36.3 Å². The molecule has 1 saturated heterocycles. The summed E-state index contributed by atoms with van der Waals surface area (Å²) in [7, 11) is 1.98. The van der Waals surface area contributed by atoms with Gasteiger partial charge in [0.1, 0.15) is 18.2 Å². The maximum atomic E-state index is 11.6. The summed E-state index contributed by atoms with van der Waals surface area (Å²) in [5.41, 5.74) is 1.95. The Balaban J connectivity index is 1.28. The predicted molar refractivity (Wildman–Crippen MR) is 122 cm³/mol. The minimum atomic E-state index is -0.356. The number of hydrogen-bond donors (Lipinski definition) is 1. The van der Waals surface area contributed by atoms with Gasteiger partial charge >= 0.3 is 0 Å². The lowest BCUT2D eigenvalue weighted by Gasteiger charge is -2.18. The number of anilines is 1. The van der Waals surface area contributed by atoms with Crippen molar-refractivity contribution >= 4 is 46.1 Å². The van der Waals surface area contributed by atoms with Crippen LogP contribution in [-0.2, 0) is 4.79 Å². The highest BCUT2D eigenvalue weighted by Crippen LogP contribution is 2.26. The Morgan fingerprint density at radius 3 is 2.60 bits per heavy atom. The largest absolute Gasteiger partial charge is 0.492 e. The monoisotopic (exact) mass is 437 g/mol. The lowest BCUT2D eigenvalue weighted by molar-refractivity contribution is -0.115. The summed E-state index contributed by atoms with van der Waals surface area (Å²) in [6.45, 7) is 1.20. The van der Waals surface area contributed by atoms with E-state index in [0.717, 1.165) is 34.5 Å². The molecule has 1 fully saturated rings. The number of likely N-dealkylation sites (N-methyl/N-ethyl adjacent to an activating group) is 1. The Morgan fingerprint density at radius 1 is 1.13 bits per heavy atom. The van der Waals surface area contributed by atoms with E-state index in [1.54, 1.807) is 17.4 Å². The number of imide groups is 1. The van der Waals surface area contributed by atoms with Crippen molar-refractivity contribution in [1.82, 2.24) is 10.3 Å². The number of aromatic nitrogens is 1. The molecular weight excluding hydrogens is 418 g/mol. The highest BCUT2D eigenvalue weighted by Gasteiger charge is 2.24. The molecule has 2 aromatic heterocycles. The van der Waals surface area contributed by atoms with Crippen molar-refractivity contribution in [3.63, 3.8) is 0 Å². The Labute approximate surface area is 182 Å². The second-order valence-electron chi connectivity index (χ2n) is 6.57. The van der Waals surface area contributed by atoms with Gasteiger partial charge in [0.05, 0.1) is 11.4 Å². The van der Waals surface area contributed by atoms with E-state index in [9.17, 15) is 9.59 Å². The Bertz CT molecular complexity index is 1060. The standard InChI is InChI=1S/C22H19N3O3S2/c1-25(20-9-6-16(14-23-20)18-3-2-12-29-18)10-11-28-17-7-4-15(5-8-17)13-19-21(26)24-22(27)30-19/h2-9,12-14H,10-11H2,1H3,(H,24,26,27)/b19-13+. The summed E-state index contributed by atoms with van der Waals surface area (Å²) in [4.78, 5) is 31.0. The zero-order valence-electron chi connectivity index (χ0n) is 16.2. The van der Waals surface area contributed by atoms with Gasteiger partial charge in [-0.25, -0.2) is 4.98 Å². The molecular formula is C22H19N3O3S2. The average Bonchev–Trinajstić information content (AvgIpc) is 3.39. The van der Waals surface area contributed by atoms with E-state index in [1.165, 1.54) is 4.88 Å². The first kappa shape index (κ1) is 20.2. The van der Waals surface area contributed by atoms with E-state index in [0.29, 0.717) is 18.1 Å². The molecule has 152 valence electrons. The van der Waals surface area contributed by atoms with Gasteiger partial charge in [-0.05, 0) is 59.1 Å². The first-order valence-corrected chi connectivity index (χ1v) is 11.0. The third kappa shape index (κ3) is 4.90. The summed E-state index contributed by atoms with van der Waals surface area (Å²) in [5.74, 6) is 1.28. The maximum Gasteiger partial charge on any atom is 0.290 e. The second-order valence-corrected chi connectivity index (χ2v) is 8.54. The van der Waals surface area contributed by atoms with Crippen molar-refractivity contribution < 1.29 is 14.3 Å². The van der Waals surface area contributed by atoms with Crippen LogP contribution >= 0.6 is 23.1 Å². The molecule has 0 atom stereocenters. The molecule has 0 unspecified atom stereocenters. The molecule has 0 radical (unpaired) electrons. The van der Waals surface area contributed by atoms with Crippen molar-refractivity contribution in [2.24, 2.45) is 0 Å². The number of ether oxygens (including phenoxy) is 1. The number of carbonyl (C=O) groups excluding carboxylic acids is 2. The fraction of sp³-hybridized carbons (Fsp3) is 0.136. The van der Waals surface area contributed by atoms with Gasteiger partial charge < -0.3 is 9.64 Å². The van der Waals surface area contributed by atoms with Crippen LogP contribution in [0.2, 0.25) is 0 Å². The fourth-order valence-corrected chi connectivity index (χ4v) is 4.25. The van der Waals surface area contributed by atoms with Gasteiger partial charge in [-0.3, -0.25) is 14.9 Å². The van der Waals surface area contributed by atoms with Gasteiger partial charge in [-0.2, -0.15) is 0 Å². The molecule has 1 N–H and O–H groups in total. The quantitative estimate of drug-likeness (QED) is 0.543. The van der Waals surface area contributed by atoms with Crippen LogP contribution in [0, 0.1) is 0 Å². The summed E-state index contributed by atoms with van der Waals surface area (Å²) in [6, 6.07) is 15.6. The number of hydrogen-bond acceptors (Lipinski definition) is 7. The third-order valence-electron chi connectivity index (χ3n) is 4.46. The normalized spacial score (nSPS) is 14.8. The van der Waals surface area contributed by atoms with Crippen molar-refractivity contribution in [3.8, 4) is 16.2 Å². The molecule has 1 aromatic carbocycles. The Hall–Kier alpha value is -3.10. The molecule has 0 saturated carbocycles. The molecule has 4 rings (SSSR count). The van der Waals surface area contributed by atoms with Crippen LogP contribution in [0.5, 0.6) is 5.75 Å². The summed E-state index contributed by atoms with van der Waals surface area (Å²) >= 11 is 2.61. The lowest BCUT2D eigenvalue weighted by atomic mass is 10.2. The predicted octanol–water partition coefficient (Wildman–Crippen LogP) is 4.65. The van der Waals surface area contributed by atoms with Gasteiger partial charge in [0, 0.05) is 23.7 Å². The summed E-state index contributed by atoms with van der Waals surface area (Å²) in [6.07, 6.45) is 3.58. The first-order chi connectivity index (χ1) is 14.6. The van der Waals surface area contributed by atoms with Gasteiger partial charge in [0.25, 0.3) is 11.1 Å². The number of rotatable bonds is 7. The molecule has 1 aliphatic heterocycles. The molecule has 2 amide bonds. The summed E-state index contributed by atoms with van der Waals surface area (Å²) in [5, 5.41) is 3.96. The van der Waals surface area contributed by atoms with Crippen LogP contribution in [0.4, 0.5) is 10.6 Å². The molecule has 0 bridgehead atoms. The topological polar surface area (TPSA) is 71.5 Å². The molecule has 8 heteroatoms. The SMILES string of the molecule is CN(CCOc1ccc(/C=C2/SC(=O)NC2=O)cc1)c1ccc(-c2cccs2)cn1. The first-order valence-electron chi connectivity index (χ1n) is 9.27. The molecule has 3 heterocycles. The molecule has 30 heavy (non-hydrogen) atoms. The number of pyridine rings is 1. The molecule has 3 aromatic rings. The highest BCUT2D eigenvalue weighted by molar-refractivity contribution is 8.18. The summed E-state index contributed by atoms with van der Waals surface area (Å²) < 4.78 is 5.82. The molecule has 6 nitrogen and oxygen atoms in total. The van der Waals surface area contributed by atoms with Gasteiger partial charge in [-0.1, -0.05) is 18.2 Å². The molecule has 0 spiro atoms. The van der Waals surface area contributed by atoms with E-state index in [4.69, 9.17) is 4.74 Å². The lowest BCUT2D eigenvalue weighted by Crippen LogP contribution is -2.24. The van der Waals surface area contributed by atoms with E-state index in [1.807, 2.05) is 54.5 Å². The fourth-order valence-electron chi connectivity index (χ4n) is 2.85. The number of amides is 2. The van der Waals surface area contributed by atoms with E-state index < -0.39 is 0 Å². The van der Waals surface area contributed by atoms with Crippen LogP contribution in [0.25, 0.3) is 16.5 Å². The van der Waals surface area contributed by atoms with Crippen molar-refractivity contribution in [1.29, 1.82) is 0 Å². The number of nitrogens with zero attached hydrogens (tertiary/aromatic N) is 2. The third-order valence-corrected chi connectivity index (χ3v) is 6.19. The van der Waals surface area contributed by atoms with Crippen molar-refractivity contribution in [2.75, 3.05) is 25.1 Å². The Kier molecular flexibility index (Phi) is 6.15. The highest BCUT2D eigenvalue weighted by atomic mass is 32.2. The minimum Gasteiger partial charge on any atom is -0.492 e. The van der Waals surface area contributed by atoms with Crippen LogP contribution in [0.3, 0.4) is 0 Å². The number of thiophene rings is 1. The van der Waals surface area contributed by atoms with Gasteiger partial charge in [0.15, 0.2) is 0 Å². The van der Waals surface area contributed by atoms with Crippen molar-refractivity contribution in [2.45, 2.75) is 0 Å². The zero-order valence-corrected chi connectivity index (χ0v) is 17.8. The number of carbonyl (C=O) groups is 2. The van der Waals surface area contributed by atoms with Gasteiger partial charge in [0.2, 0.25) is 0 Å². The van der Waals surface area contributed by atoms with Crippen molar-refractivity contribution in [3.05, 3.63) is 70.6 Å². The van der Waals surface area contributed by atoms with E-state index >= 15 is 0 Å². The zero-order chi connectivity index (χ0) is 20.9. The number of nitrogens with one attached hydrogen (secondary N) is 1. The van der Waals surface area contributed by atoms with E-state index in [2.05, 4.69) is 27.8 Å². The van der Waals surface area contributed by atoms with Gasteiger partial charge in [-0.15, -0.1) is 11.3 Å². The maximum absolute atomic E-state index is 11.6. The number of thioether (sulfide) groups is 1.